The van der Waals surface area contributed by atoms with Gasteiger partial charge in [-0.3, -0.25) is 4.98 Å². The average Bonchev–Trinajstić information content (AvgIpc) is 3.94. The molecule has 0 N–H and O–H groups in total. The van der Waals surface area contributed by atoms with E-state index in [0.29, 0.717) is 0 Å². The van der Waals surface area contributed by atoms with Crippen molar-refractivity contribution in [3.8, 4) is 44.9 Å². The molecular weight excluding hydrogens is 695 g/mol. The van der Waals surface area contributed by atoms with Gasteiger partial charge in [0.2, 0.25) is 0 Å². The number of fused-ring (bicyclic) bond motifs is 9. The fourth-order valence-corrected chi connectivity index (χ4v) is 9.05. The van der Waals surface area contributed by atoms with Crippen molar-refractivity contribution >= 4 is 65.6 Å². The van der Waals surface area contributed by atoms with E-state index < -0.39 is 0 Å². The van der Waals surface area contributed by atoms with Crippen molar-refractivity contribution in [2.75, 3.05) is 0 Å². The molecule has 8 aromatic carbocycles. The van der Waals surface area contributed by atoms with Crippen LogP contribution in [0.2, 0.25) is 0 Å². The first-order chi connectivity index (χ1) is 28.3. The number of aromatic nitrogens is 3. The maximum atomic E-state index is 6.33. The second-order valence-corrected chi connectivity index (χ2v) is 14.7. The summed E-state index contributed by atoms with van der Waals surface area (Å²) in [6.07, 6.45) is 1.89. The molecule has 0 fully saturated rings. The van der Waals surface area contributed by atoms with Crippen molar-refractivity contribution in [3.05, 3.63) is 200 Å². The summed E-state index contributed by atoms with van der Waals surface area (Å²) in [6, 6.07) is 69.6. The van der Waals surface area contributed by atoms with Gasteiger partial charge in [-0.25, -0.2) is 0 Å². The smallest absolute Gasteiger partial charge is 0.135 e. The molecule has 0 atom stereocenters. The van der Waals surface area contributed by atoms with E-state index in [1.807, 2.05) is 24.4 Å². The minimum Gasteiger partial charge on any atom is -0.456 e. The summed E-state index contributed by atoms with van der Waals surface area (Å²) in [6.45, 7) is 0. The van der Waals surface area contributed by atoms with Crippen LogP contribution >= 0.6 is 0 Å². The second-order valence-electron chi connectivity index (χ2n) is 14.7. The zero-order valence-electron chi connectivity index (χ0n) is 30.8. The topological polar surface area (TPSA) is 35.9 Å². The van der Waals surface area contributed by atoms with Gasteiger partial charge in [0.25, 0.3) is 0 Å². The van der Waals surface area contributed by atoms with Crippen LogP contribution in [0.4, 0.5) is 0 Å². The van der Waals surface area contributed by atoms with Gasteiger partial charge in [-0.2, -0.15) is 0 Å². The van der Waals surface area contributed by atoms with Gasteiger partial charge in [-0.15, -0.1) is 0 Å². The summed E-state index contributed by atoms with van der Waals surface area (Å²) in [5.74, 6) is 0. The lowest BCUT2D eigenvalue weighted by Gasteiger charge is -2.20. The van der Waals surface area contributed by atoms with Gasteiger partial charge in [-0.1, -0.05) is 109 Å². The quantitative estimate of drug-likeness (QED) is 0.177. The molecule has 0 amide bonds. The number of nitrogens with zero attached hydrogens (tertiary/aromatic N) is 3. The van der Waals surface area contributed by atoms with Crippen LogP contribution in [0.15, 0.2) is 205 Å². The van der Waals surface area contributed by atoms with Gasteiger partial charge >= 0.3 is 0 Å². The highest BCUT2D eigenvalue weighted by Crippen LogP contribution is 2.45. The van der Waals surface area contributed by atoms with Gasteiger partial charge < -0.3 is 13.6 Å². The maximum absolute atomic E-state index is 6.33. The summed E-state index contributed by atoms with van der Waals surface area (Å²) in [7, 11) is 0. The average molecular weight is 728 g/mol. The Morgan fingerprint density at radius 1 is 0.351 bits per heavy atom. The minimum atomic E-state index is 0.879. The first-order valence-corrected chi connectivity index (χ1v) is 19.4. The van der Waals surface area contributed by atoms with Crippen molar-refractivity contribution < 1.29 is 4.42 Å². The van der Waals surface area contributed by atoms with E-state index in [1.54, 1.807) is 0 Å². The molecule has 0 radical (unpaired) electrons. The summed E-state index contributed by atoms with van der Waals surface area (Å²) in [4.78, 5) is 4.98. The molecule has 0 aliphatic heterocycles. The largest absolute Gasteiger partial charge is 0.456 e. The van der Waals surface area contributed by atoms with Crippen LogP contribution in [0.3, 0.4) is 0 Å². The van der Waals surface area contributed by atoms with E-state index in [0.717, 1.165) is 77.9 Å². The molecule has 12 aromatic rings. The molecule has 4 heteroatoms. The van der Waals surface area contributed by atoms with Crippen molar-refractivity contribution in [3.63, 3.8) is 0 Å². The number of rotatable bonds is 5. The Balaban J connectivity index is 1.20. The van der Waals surface area contributed by atoms with E-state index >= 15 is 0 Å². The molecule has 0 bridgehead atoms. The Labute approximate surface area is 328 Å². The molecule has 0 aliphatic rings. The third-order valence-electron chi connectivity index (χ3n) is 11.6. The first kappa shape index (κ1) is 31.6. The number of furan rings is 1. The van der Waals surface area contributed by atoms with Crippen LogP contribution in [-0.4, -0.2) is 14.1 Å². The molecule has 4 heterocycles. The highest BCUT2D eigenvalue weighted by Gasteiger charge is 2.22. The van der Waals surface area contributed by atoms with E-state index in [-0.39, 0.29) is 0 Å². The lowest BCUT2D eigenvalue weighted by atomic mass is 9.89. The van der Waals surface area contributed by atoms with Crippen LogP contribution in [0.5, 0.6) is 0 Å². The third-order valence-corrected chi connectivity index (χ3v) is 11.6. The van der Waals surface area contributed by atoms with E-state index in [9.17, 15) is 0 Å². The fraction of sp³-hybridized carbons (Fsp3) is 0. The minimum absolute atomic E-state index is 0.879. The standard InChI is InChI=1S/C53H33N3O/c1-2-14-36(15-3-1)55-47-21-8-6-18-39(47)43-30-34(25-27-50(43)55)41-32-45(46-20-12-13-29-54-46)51(56-48-22-9-4-16-37(48)38-17-5-10-23-49(38)56)33-42(41)35-26-28-53-44(31-35)40-19-7-11-24-52(40)57-53/h1-33H. The second kappa shape index (κ2) is 12.4. The predicted molar refractivity (Wildman–Crippen MR) is 237 cm³/mol. The molecule has 4 nitrogen and oxygen atoms in total. The Kier molecular flexibility index (Phi) is 6.89. The Morgan fingerprint density at radius 3 is 1.61 bits per heavy atom. The summed E-state index contributed by atoms with van der Waals surface area (Å²) < 4.78 is 11.1. The van der Waals surface area contributed by atoms with E-state index in [4.69, 9.17) is 9.40 Å². The molecule has 266 valence electrons. The van der Waals surface area contributed by atoms with Gasteiger partial charge in [0, 0.05) is 49.8 Å². The predicted octanol–water partition coefficient (Wildman–Crippen LogP) is 14.2. The molecule has 0 unspecified atom stereocenters. The van der Waals surface area contributed by atoms with Crippen LogP contribution in [-0.2, 0) is 0 Å². The Bertz CT molecular complexity index is 3460. The number of hydrogen-bond donors (Lipinski definition) is 0. The maximum Gasteiger partial charge on any atom is 0.135 e. The number of pyridine rings is 1. The molecule has 0 saturated heterocycles. The first-order valence-electron chi connectivity index (χ1n) is 19.4. The van der Waals surface area contributed by atoms with Crippen molar-refractivity contribution in [2.45, 2.75) is 0 Å². The third kappa shape index (κ3) is 4.84. The highest BCUT2D eigenvalue weighted by atomic mass is 16.3. The van der Waals surface area contributed by atoms with Crippen LogP contribution < -0.4 is 0 Å². The van der Waals surface area contributed by atoms with E-state index in [2.05, 4.69) is 185 Å². The molecule has 57 heavy (non-hydrogen) atoms. The zero-order chi connectivity index (χ0) is 37.5. The highest BCUT2D eigenvalue weighted by molar-refractivity contribution is 6.13. The number of para-hydroxylation sites is 5. The Morgan fingerprint density at radius 2 is 0.895 bits per heavy atom. The summed E-state index contributed by atoms with van der Waals surface area (Å²) in [5, 5.41) is 7.08. The Hall–Kier alpha value is -7.69. The fourth-order valence-electron chi connectivity index (χ4n) is 9.05. The normalized spacial score (nSPS) is 11.9. The molecule has 0 spiro atoms. The van der Waals surface area contributed by atoms with Crippen LogP contribution in [0, 0.1) is 0 Å². The summed E-state index contributed by atoms with van der Waals surface area (Å²) >= 11 is 0. The molecule has 12 rings (SSSR count). The van der Waals surface area contributed by atoms with E-state index in [1.165, 1.54) is 32.6 Å². The summed E-state index contributed by atoms with van der Waals surface area (Å²) in [5.41, 5.74) is 15.1. The van der Waals surface area contributed by atoms with Gasteiger partial charge in [0.05, 0.1) is 33.4 Å². The molecule has 0 saturated carbocycles. The molecular formula is C53H33N3O. The van der Waals surface area contributed by atoms with Crippen molar-refractivity contribution in [1.82, 2.24) is 14.1 Å². The SMILES string of the molecule is c1ccc(-n2c3ccccc3c3cc(-c4cc(-c5ccccn5)c(-n5c6ccccc6c6ccccc65)cc4-c4ccc5oc6ccccc6c5c4)ccc32)cc1. The van der Waals surface area contributed by atoms with Crippen LogP contribution in [0.25, 0.3) is 110 Å². The van der Waals surface area contributed by atoms with Crippen LogP contribution in [0.1, 0.15) is 0 Å². The number of benzene rings is 8. The number of hydrogen-bond acceptors (Lipinski definition) is 2. The molecule has 4 aromatic heterocycles. The lowest BCUT2D eigenvalue weighted by molar-refractivity contribution is 0.669. The zero-order valence-corrected chi connectivity index (χ0v) is 30.8. The van der Waals surface area contributed by atoms with Gasteiger partial charge in [0.15, 0.2) is 0 Å². The van der Waals surface area contributed by atoms with Gasteiger partial charge in [0.1, 0.15) is 11.2 Å². The van der Waals surface area contributed by atoms with Crippen molar-refractivity contribution in [1.29, 1.82) is 0 Å². The van der Waals surface area contributed by atoms with Gasteiger partial charge in [-0.05, 0) is 107 Å². The molecule has 0 aliphatic carbocycles. The van der Waals surface area contributed by atoms with Crippen molar-refractivity contribution in [2.24, 2.45) is 0 Å². The monoisotopic (exact) mass is 727 g/mol. The lowest BCUT2D eigenvalue weighted by Crippen LogP contribution is -2.01.